The van der Waals surface area contributed by atoms with E-state index in [-0.39, 0.29) is 5.91 Å². The van der Waals surface area contributed by atoms with Gasteiger partial charge in [0.2, 0.25) is 5.91 Å². The summed E-state index contributed by atoms with van der Waals surface area (Å²) >= 11 is 0. The summed E-state index contributed by atoms with van der Waals surface area (Å²) in [6.07, 6.45) is 4.55. The third-order valence-corrected chi connectivity index (χ3v) is 4.14. The van der Waals surface area contributed by atoms with Crippen LogP contribution in [0.1, 0.15) is 38.7 Å². The molecule has 3 N–H and O–H groups in total. The molecule has 1 aliphatic heterocycles. The third kappa shape index (κ3) is 3.70. The van der Waals surface area contributed by atoms with E-state index in [4.69, 9.17) is 5.84 Å². The molecule has 1 unspecified atom stereocenters. The monoisotopic (exact) mass is 276 g/mol. The van der Waals surface area contributed by atoms with Crippen LogP contribution in [-0.2, 0) is 11.3 Å². The number of amides is 1. The zero-order valence-electron chi connectivity index (χ0n) is 12.3. The van der Waals surface area contributed by atoms with Gasteiger partial charge in [0, 0.05) is 25.7 Å². The standard InChI is InChI=1S/C15H24N4O/c1-11(2)13-4-6-15(20)19(8-7-13)10-12-3-5-14(18-16)17-9-12/h3,5,9,11,13H,4,6-8,10,16H2,1-2H3,(H,17,18). The molecule has 5 nitrogen and oxygen atoms in total. The number of pyridine rings is 1. The summed E-state index contributed by atoms with van der Waals surface area (Å²) in [4.78, 5) is 18.3. The number of nitrogens with two attached hydrogens (primary N) is 1. The number of hydrogen-bond donors (Lipinski definition) is 2. The smallest absolute Gasteiger partial charge is 0.222 e. The molecule has 1 saturated heterocycles. The first-order chi connectivity index (χ1) is 9.60. The maximum atomic E-state index is 12.2. The van der Waals surface area contributed by atoms with Gasteiger partial charge in [-0.3, -0.25) is 4.79 Å². The van der Waals surface area contributed by atoms with Crippen LogP contribution in [0, 0.1) is 11.8 Å². The zero-order chi connectivity index (χ0) is 14.5. The summed E-state index contributed by atoms with van der Waals surface area (Å²) in [5.41, 5.74) is 3.55. The summed E-state index contributed by atoms with van der Waals surface area (Å²) in [6, 6.07) is 3.79. The summed E-state index contributed by atoms with van der Waals surface area (Å²) < 4.78 is 0. The summed E-state index contributed by atoms with van der Waals surface area (Å²) in [6.45, 7) is 5.97. The van der Waals surface area contributed by atoms with Crippen LogP contribution in [0.15, 0.2) is 18.3 Å². The van der Waals surface area contributed by atoms with Gasteiger partial charge in [0.1, 0.15) is 5.82 Å². The number of hydrogen-bond acceptors (Lipinski definition) is 4. The highest BCUT2D eigenvalue weighted by molar-refractivity contribution is 5.76. The van der Waals surface area contributed by atoms with Crippen molar-refractivity contribution in [3.63, 3.8) is 0 Å². The second kappa shape index (κ2) is 6.70. The predicted molar refractivity (Wildman–Crippen MR) is 79.6 cm³/mol. The first-order valence-electron chi connectivity index (χ1n) is 7.29. The molecule has 0 spiro atoms. The van der Waals surface area contributed by atoms with Crippen LogP contribution in [0.5, 0.6) is 0 Å². The molecule has 0 aliphatic carbocycles. The van der Waals surface area contributed by atoms with Crippen LogP contribution < -0.4 is 11.3 Å². The molecule has 0 radical (unpaired) electrons. The van der Waals surface area contributed by atoms with E-state index in [1.54, 1.807) is 6.20 Å². The quantitative estimate of drug-likeness (QED) is 0.653. The fourth-order valence-electron chi connectivity index (χ4n) is 2.72. The molecule has 1 aromatic rings. The number of nitrogens with zero attached hydrogens (tertiary/aromatic N) is 2. The Hall–Kier alpha value is -1.62. The zero-order valence-corrected chi connectivity index (χ0v) is 12.3. The Morgan fingerprint density at radius 3 is 2.85 bits per heavy atom. The molecule has 0 bridgehead atoms. The lowest BCUT2D eigenvalue weighted by atomic mass is 9.89. The van der Waals surface area contributed by atoms with Gasteiger partial charge in [-0.1, -0.05) is 19.9 Å². The average Bonchev–Trinajstić information content (AvgIpc) is 2.63. The van der Waals surface area contributed by atoms with Crippen molar-refractivity contribution in [2.24, 2.45) is 17.7 Å². The fraction of sp³-hybridized carbons (Fsp3) is 0.600. The molecule has 0 saturated carbocycles. The molecular formula is C15H24N4O. The van der Waals surface area contributed by atoms with Gasteiger partial charge in [-0.15, -0.1) is 0 Å². The molecule has 1 amide bonds. The Kier molecular flexibility index (Phi) is 4.95. The van der Waals surface area contributed by atoms with E-state index < -0.39 is 0 Å². The van der Waals surface area contributed by atoms with Crippen LogP contribution in [0.4, 0.5) is 5.82 Å². The minimum Gasteiger partial charge on any atom is -0.338 e. The first kappa shape index (κ1) is 14.8. The van der Waals surface area contributed by atoms with Gasteiger partial charge in [-0.2, -0.15) is 0 Å². The second-order valence-electron chi connectivity index (χ2n) is 5.84. The molecule has 0 aromatic carbocycles. The van der Waals surface area contributed by atoms with Gasteiger partial charge in [-0.05, 0) is 36.3 Å². The lowest BCUT2D eigenvalue weighted by Gasteiger charge is -2.21. The lowest BCUT2D eigenvalue weighted by Crippen LogP contribution is -2.30. The molecule has 1 aliphatic rings. The number of rotatable bonds is 4. The van der Waals surface area contributed by atoms with Crippen molar-refractivity contribution in [3.8, 4) is 0 Å². The van der Waals surface area contributed by atoms with Gasteiger partial charge in [0.05, 0.1) is 0 Å². The summed E-state index contributed by atoms with van der Waals surface area (Å²) in [7, 11) is 0. The van der Waals surface area contributed by atoms with Crippen LogP contribution >= 0.6 is 0 Å². The van der Waals surface area contributed by atoms with E-state index in [2.05, 4.69) is 24.3 Å². The molecule has 1 atom stereocenters. The van der Waals surface area contributed by atoms with Crippen molar-refractivity contribution in [3.05, 3.63) is 23.9 Å². The maximum Gasteiger partial charge on any atom is 0.222 e. The largest absolute Gasteiger partial charge is 0.338 e. The SMILES string of the molecule is CC(C)C1CCC(=O)N(Cc2ccc(NN)nc2)CC1. The van der Waals surface area contributed by atoms with E-state index in [9.17, 15) is 4.79 Å². The van der Waals surface area contributed by atoms with Gasteiger partial charge < -0.3 is 10.3 Å². The molecule has 5 heteroatoms. The van der Waals surface area contributed by atoms with Gasteiger partial charge in [-0.25, -0.2) is 10.8 Å². The first-order valence-corrected chi connectivity index (χ1v) is 7.29. The van der Waals surface area contributed by atoms with E-state index >= 15 is 0 Å². The van der Waals surface area contributed by atoms with Gasteiger partial charge >= 0.3 is 0 Å². The van der Waals surface area contributed by atoms with E-state index in [0.717, 1.165) is 24.9 Å². The number of aromatic nitrogens is 1. The Morgan fingerprint density at radius 1 is 1.45 bits per heavy atom. The van der Waals surface area contributed by atoms with Crippen molar-refractivity contribution in [1.82, 2.24) is 9.88 Å². The van der Waals surface area contributed by atoms with Crippen molar-refractivity contribution in [2.75, 3.05) is 12.0 Å². The Labute approximate surface area is 120 Å². The third-order valence-electron chi connectivity index (χ3n) is 4.14. The number of carbonyl (C=O) groups excluding carboxylic acids is 1. The minimum atomic E-state index is 0.258. The molecule has 1 fully saturated rings. The van der Waals surface area contributed by atoms with Crippen LogP contribution in [0.2, 0.25) is 0 Å². The molecule has 2 heterocycles. The summed E-state index contributed by atoms with van der Waals surface area (Å²) in [5.74, 6) is 7.50. The topological polar surface area (TPSA) is 71.2 Å². The fourth-order valence-corrected chi connectivity index (χ4v) is 2.72. The molecular weight excluding hydrogens is 252 g/mol. The van der Waals surface area contributed by atoms with Gasteiger partial charge in [0.25, 0.3) is 0 Å². The Balaban J connectivity index is 1.98. The number of anilines is 1. The van der Waals surface area contributed by atoms with Crippen LogP contribution in [0.25, 0.3) is 0 Å². The lowest BCUT2D eigenvalue weighted by molar-refractivity contribution is -0.131. The van der Waals surface area contributed by atoms with Gasteiger partial charge in [0.15, 0.2) is 0 Å². The number of hydrazine groups is 1. The van der Waals surface area contributed by atoms with E-state index in [0.29, 0.717) is 30.6 Å². The van der Waals surface area contributed by atoms with Crippen LogP contribution in [-0.4, -0.2) is 22.3 Å². The maximum absolute atomic E-state index is 12.2. The number of nitrogen functional groups attached to an aromatic ring is 1. The van der Waals surface area contributed by atoms with Crippen LogP contribution in [0.3, 0.4) is 0 Å². The molecule has 20 heavy (non-hydrogen) atoms. The molecule has 2 rings (SSSR count). The summed E-state index contributed by atoms with van der Waals surface area (Å²) in [5, 5.41) is 0. The van der Waals surface area contributed by atoms with E-state index in [1.807, 2.05) is 17.0 Å². The number of nitrogens with one attached hydrogen (secondary N) is 1. The highest BCUT2D eigenvalue weighted by Crippen LogP contribution is 2.25. The van der Waals surface area contributed by atoms with E-state index in [1.165, 1.54) is 0 Å². The average molecular weight is 276 g/mol. The highest BCUT2D eigenvalue weighted by Gasteiger charge is 2.24. The number of likely N-dealkylation sites (tertiary alicyclic amines) is 1. The minimum absolute atomic E-state index is 0.258. The van der Waals surface area contributed by atoms with Crippen molar-refractivity contribution in [1.29, 1.82) is 0 Å². The Morgan fingerprint density at radius 2 is 2.25 bits per heavy atom. The molecule has 110 valence electrons. The number of carbonyl (C=O) groups is 1. The van der Waals surface area contributed by atoms with Crippen molar-refractivity contribution >= 4 is 11.7 Å². The predicted octanol–water partition coefficient (Wildman–Crippen LogP) is 2.15. The highest BCUT2D eigenvalue weighted by atomic mass is 16.2. The van der Waals surface area contributed by atoms with Crippen molar-refractivity contribution < 1.29 is 4.79 Å². The Bertz CT molecular complexity index is 444. The van der Waals surface area contributed by atoms with Crippen molar-refractivity contribution in [2.45, 2.75) is 39.7 Å². The molecule has 1 aromatic heterocycles. The second-order valence-corrected chi connectivity index (χ2v) is 5.84. The normalized spacial score (nSPS) is 20.1.